The Labute approximate surface area is 191 Å². The Morgan fingerprint density at radius 2 is 1.80 bits per heavy atom. The second-order valence-corrected chi connectivity index (χ2v) is 9.83. The Hall–Kier alpha value is -2.19. The maximum Gasteiger partial charge on any atom is 0.209 e. The molecule has 30 heavy (non-hydrogen) atoms. The molecule has 0 aliphatic rings. The number of hydrogen-bond acceptors (Lipinski definition) is 6. The Bertz CT molecular complexity index is 1110. The molecule has 1 aromatic heterocycles. The van der Waals surface area contributed by atoms with Gasteiger partial charge in [-0.15, -0.1) is 0 Å². The number of nitrogens with two attached hydrogens (primary N) is 1. The lowest BCUT2D eigenvalue weighted by atomic mass is 10.1. The largest absolute Gasteiger partial charge is 0.382 e. The van der Waals surface area contributed by atoms with E-state index in [1.54, 1.807) is 47.9 Å². The van der Waals surface area contributed by atoms with Gasteiger partial charge in [0.05, 0.1) is 26.4 Å². The molecule has 156 valence electrons. The number of thiazole rings is 1. The molecule has 0 bridgehead atoms. The van der Waals surface area contributed by atoms with Gasteiger partial charge in [0.1, 0.15) is 10.7 Å². The number of nitrogen functional groups attached to an aromatic ring is 1. The van der Waals surface area contributed by atoms with Crippen LogP contribution in [0.2, 0.25) is 10.0 Å². The third kappa shape index (κ3) is 5.29. The van der Waals surface area contributed by atoms with Crippen LogP contribution in [0.25, 0.3) is 0 Å². The van der Waals surface area contributed by atoms with Crippen molar-refractivity contribution in [2.45, 2.75) is 18.7 Å². The van der Waals surface area contributed by atoms with Crippen LogP contribution in [0, 0.1) is 5.92 Å². The van der Waals surface area contributed by atoms with Gasteiger partial charge in [0.15, 0.2) is 5.13 Å². The number of ketones is 1. The second kappa shape index (κ2) is 9.75. The highest BCUT2D eigenvalue weighted by molar-refractivity contribution is 7.88. The van der Waals surface area contributed by atoms with E-state index in [2.05, 4.69) is 10.3 Å². The van der Waals surface area contributed by atoms with Crippen molar-refractivity contribution < 1.29 is 9.00 Å². The van der Waals surface area contributed by atoms with Crippen LogP contribution in [0.3, 0.4) is 0 Å². The number of aromatic nitrogens is 1. The second-order valence-electron chi connectivity index (χ2n) is 6.68. The van der Waals surface area contributed by atoms with Gasteiger partial charge < -0.3 is 11.1 Å². The Morgan fingerprint density at radius 3 is 2.40 bits per heavy atom. The summed E-state index contributed by atoms with van der Waals surface area (Å²) in [6, 6.07) is 12.0. The summed E-state index contributed by atoms with van der Waals surface area (Å²) in [6.07, 6.45) is 1.91. The zero-order valence-corrected chi connectivity index (χ0v) is 19.3. The number of halogens is 2. The van der Waals surface area contributed by atoms with Crippen molar-refractivity contribution in [2.24, 2.45) is 5.92 Å². The number of nitrogens with one attached hydrogen (secondary N) is 1. The average Bonchev–Trinajstić information content (AvgIpc) is 3.06. The topological polar surface area (TPSA) is 85.1 Å². The van der Waals surface area contributed by atoms with E-state index in [-0.39, 0.29) is 32.1 Å². The third-order valence-electron chi connectivity index (χ3n) is 3.97. The molecule has 1 unspecified atom stereocenters. The molecule has 0 spiro atoms. The lowest BCUT2D eigenvalue weighted by molar-refractivity contribution is 0.104. The molecule has 1 heterocycles. The zero-order chi connectivity index (χ0) is 21.8. The van der Waals surface area contributed by atoms with Crippen molar-refractivity contribution in [1.82, 2.24) is 4.98 Å². The van der Waals surface area contributed by atoms with Crippen LogP contribution >= 0.6 is 34.5 Å². The van der Waals surface area contributed by atoms with E-state index in [0.29, 0.717) is 15.9 Å². The minimum atomic E-state index is -1.20. The number of benzene rings is 2. The van der Waals surface area contributed by atoms with Gasteiger partial charge in [0.25, 0.3) is 0 Å². The van der Waals surface area contributed by atoms with Gasteiger partial charge in [-0.25, -0.2) is 9.19 Å². The van der Waals surface area contributed by atoms with Crippen molar-refractivity contribution in [3.63, 3.8) is 0 Å². The van der Waals surface area contributed by atoms with Gasteiger partial charge >= 0.3 is 0 Å². The maximum atomic E-state index is 12.9. The first-order chi connectivity index (χ1) is 14.3. The van der Waals surface area contributed by atoms with Crippen molar-refractivity contribution in [2.75, 3.05) is 11.1 Å². The normalized spacial score (nSPS) is 12.4. The zero-order valence-electron chi connectivity index (χ0n) is 16.2. The van der Waals surface area contributed by atoms with Crippen LogP contribution in [0.15, 0.2) is 58.8 Å². The summed E-state index contributed by atoms with van der Waals surface area (Å²) in [5.41, 5.74) is 6.89. The standard InChI is InChI=1S/C21H19Cl2N3O2S2/c1-12(2)10-11-30(28)14-8-6-13(7-9-14)25-21-26-20(24)19(29-21)18(27)17-15(22)4-3-5-16(17)23/h3-12H,24H2,1-2H3,(H,25,26). The Balaban J connectivity index is 1.78. The van der Waals surface area contributed by atoms with Crippen LogP contribution < -0.4 is 11.1 Å². The van der Waals surface area contributed by atoms with E-state index < -0.39 is 10.8 Å². The SMILES string of the molecule is CC(C)C=CS(=O)c1ccc(Nc2nc(N)c(C(=O)c3c(Cl)cccc3Cl)s2)cc1. The molecule has 0 saturated heterocycles. The Kier molecular flexibility index (Phi) is 7.31. The molecule has 5 nitrogen and oxygen atoms in total. The van der Waals surface area contributed by atoms with E-state index in [4.69, 9.17) is 28.9 Å². The predicted octanol–water partition coefficient (Wildman–Crippen LogP) is 6.28. The molecule has 3 rings (SSSR count). The molecule has 0 aliphatic carbocycles. The summed E-state index contributed by atoms with van der Waals surface area (Å²) in [5.74, 6) is 0.0548. The molecular weight excluding hydrogens is 461 g/mol. The summed E-state index contributed by atoms with van der Waals surface area (Å²) in [4.78, 5) is 18.0. The summed E-state index contributed by atoms with van der Waals surface area (Å²) < 4.78 is 12.2. The predicted molar refractivity (Wildman–Crippen MR) is 127 cm³/mol. The van der Waals surface area contributed by atoms with Crippen LogP contribution in [0.5, 0.6) is 0 Å². The molecule has 3 N–H and O–H groups in total. The molecule has 0 fully saturated rings. The lowest BCUT2D eigenvalue weighted by Gasteiger charge is -2.04. The lowest BCUT2D eigenvalue weighted by Crippen LogP contribution is -2.04. The summed E-state index contributed by atoms with van der Waals surface area (Å²) in [5, 5.41) is 5.76. The molecule has 0 aliphatic heterocycles. The van der Waals surface area contributed by atoms with Gasteiger partial charge in [0, 0.05) is 16.0 Å². The average molecular weight is 480 g/mol. The van der Waals surface area contributed by atoms with Gasteiger partial charge in [-0.3, -0.25) is 4.79 Å². The number of allylic oxidation sites excluding steroid dienone is 1. The highest BCUT2D eigenvalue weighted by Gasteiger charge is 2.22. The fraction of sp³-hybridized carbons (Fsp3) is 0.143. The summed E-state index contributed by atoms with van der Waals surface area (Å²) in [7, 11) is -1.20. The minimum Gasteiger partial charge on any atom is -0.382 e. The van der Waals surface area contributed by atoms with Crippen LogP contribution in [0.4, 0.5) is 16.6 Å². The summed E-state index contributed by atoms with van der Waals surface area (Å²) in [6.45, 7) is 4.05. The van der Waals surface area contributed by atoms with Gasteiger partial charge in [-0.2, -0.15) is 0 Å². The van der Waals surface area contributed by atoms with Gasteiger partial charge in [-0.05, 0) is 42.3 Å². The molecule has 1 atom stereocenters. The quantitative estimate of drug-likeness (QED) is 0.389. The fourth-order valence-corrected chi connectivity index (χ4v) is 4.92. The van der Waals surface area contributed by atoms with E-state index >= 15 is 0 Å². The maximum absolute atomic E-state index is 12.9. The van der Waals surface area contributed by atoms with Gasteiger partial charge in [0.2, 0.25) is 5.78 Å². The fourth-order valence-electron chi connectivity index (χ4n) is 2.48. The molecular formula is C21H19Cl2N3O2S2. The van der Waals surface area contributed by atoms with Crippen LogP contribution in [0.1, 0.15) is 29.1 Å². The molecule has 0 saturated carbocycles. The molecule has 0 radical (unpaired) electrons. The van der Waals surface area contributed by atoms with Gasteiger partial charge in [-0.1, -0.05) is 60.5 Å². The molecule has 2 aromatic carbocycles. The van der Waals surface area contributed by atoms with E-state index in [1.165, 1.54) is 0 Å². The minimum absolute atomic E-state index is 0.0973. The number of carbonyl (C=O) groups excluding carboxylic acids is 1. The molecule has 3 aromatic rings. The summed E-state index contributed by atoms with van der Waals surface area (Å²) >= 11 is 13.4. The highest BCUT2D eigenvalue weighted by atomic mass is 35.5. The number of nitrogens with zero attached hydrogens (tertiary/aromatic N) is 1. The molecule has 9 heteroatoms. The number of carbonyl (C=O) groups is 1. The van der Waals surface area contributed by atoms with Crippen LogP contribution in [-0.2, 0) is 10.8 Å². The first-order valence-corrected chi connectivity index (χ1v) is 11.8. The van der Waals surface area contributed by atoms with Crippen molar-refractivity contribution in [3.8, 4) is 0 Å². The third-order valence-corrected chi connectivity index (χ3v) is 6.73. The first-order valence-electron chi connectivity index (χ1n) is 8.97. The highest BCUT2D eigenvalue weighted by Crippen LogP contribution is 2.34. The monoisotopic (exact) mass is 479 g/mol. The van der Waals surface area contributed by atoms with E-state index in [0.717, 1.165) is 17.0 Å². The van der Waals surface area contributed by atoms with Crippen LogP contribution in [-0.4, -0.2) is 15.0 Å². The van der Waals surface area contributed by atoms with E-state index in [9.17, 15) is 9.00 Å². The van der Waals surface area contributed by atoms with Crippen molar-refractivity contribution in [1.29, 1.82) is 0 Å². The number of hydrogen-bond donors (Lipinski definition) is 2. The van der Waals surface area contributed by atoms with Crippen molar-refractivity contribution >= 4 is 67.8 Å². The Morgan fingerprint density at radius 1 is 1.17 bits per heavy atom. The number of anilines is 3. The molecule has 0 amide bonds. The van der Waals surface area contributed by atoms with E-state index in [1.807, 2.05) is 19.9 Å². The van der Waals surface area contributed by atoms with Crippen molar-refractivity contribution in [3.05, 3.63) is 74.4 Å². The smallest absolute Gasteiger partial charge is 0.209 e. The first kappa shape index (κ1) is 22.5. The number of rotatable bonds is 7.